The maximum absolute atomic E-state index is 4.76. The summed E-state index contributed by atoms with van der Waals surface area (Å²) in [4.78, 5) is 11.4. The van der Waals surface area contributed by atoms with Gasteiger partial charge >= 0.3 is 0 Å². The van der Waals surface area contributed by atoms with Gasteiger partial charge in [0.05, 0.1) is 12.2 Å². The van der Waals surface area contributed by atoms with E-state index >= 15 is 0 Å². The van der Waals surface area contributed by atoms with E-state index in [-0.39, 0.29) is 0 Å². The van der Waals surface area contributed by atoms with Crippen LogP contribution in [0.4, 0.5) is 5.82 Å². The number of aryl methyl sites for hydroxylation is 2. The van der Waals surface area contributed by atoms with E-state index in [2.05, 4.69) is 64.6 Å². The number of nitrogens with zero attached hydrogens (tertiary/aromatic N) is 5. The van der Waals surface area contributed by atoms with Crippen molar-refractivity contribution in [3.8, 4) is 11.4 Å². The fourth-order valence-corrected chi connectivity index (χ4v) is 3.43. The molecule has 0 atom stereocenters. The minimum absolute atomic E-state index is 0.710. The Morgan fingerprint density at radius 3 is 2.56 bits per heavy atom. The van der Waals surface area contributed by atoms with Crippen LogP contribution in [-0.2, 0) is 6.54 Å². The summed E-state index contributed by atoms with van der Waals surface area (Å²) < 4.78 is 2.03. The first-order chi connectivity index (χ1) is 13.1. The smallest absolute Gasteiger partial charge is 0.161 e. The van der Waals surface area contributed by atoms with Crippen LogP contribution in [0, 0.1) is 19.8 Å². The van der Waals surface area contributed by atoms with Crippen molar-refractivity contribution in [1.29, 1.82) is 0 Å². The molecule has 2 aromatic heterocycles. The number of anilines is 1. The summed E-state index contributed by atoms with van der Waals surface area (Å²) >= 11 is 0. The molecule has 1 aliphatic rings. The van der Waals surface area contributed by atoms with Gasteiger partial charge in [-0.1, -0.05) is 24.3 Å². The highest BCUT2D eigenvalue weighted by atomic mass is 15.3. The lowest BCUT2D eigenvalue weighted by Gasteiger charge is -2.31. The third-order valence-electron chi connectivity index (χ3n) is 5.08. The van der Waals surface area contributed by atoms with Crippen molar-refractivity contribution in [2.45, 2.75) is 20.4 Å². The van der Waals surface area contributed by atoms with Crippen molar-refractivity contribution >= 4 is 5.82 Å². The second-order valence-electron chi connectivity index (χ2n) is 7.42. The molecule has 6 heteroatoms. The van der Waals surface area contributed by atoms with Crippen LogP contribution in [0.3, 0.4) is 0 Å². The van der Waals surface area contributed by atoms with Gasteiger partial charge in [-0.05, 0) is 31.5 Å². The fourth-order valence-electron chi connectivity index (χ4n) is 3.43. The molecule has 0 spiro atoms. The van der Waals surface area contributed by atoms with E-state index in [1.807, 2.05) is 23.9 Å². The lowest BCUT2D eigenvalue weighted by molar-refractivity contribution is 0.352. The van der Waals surface area contributed by atoms with Gasteiger partial charge in [-0.25, -0.2) is 9.97 Å². The molecule has 140 valence electrons. The maximum Gasteiger partial charge on any atom is 0.161 e. The number of aromatic nitrogens is 4. The molecule has 0 radical (unpaired) electrons. The van der Waals surface area contributed by atoms with E-state index in [9.17, 15) is 0 Å². The van der Waals surface area contributed by atoms with E-state index in [0.717, 1.165) is 49.1 Å². The van der Waals surface area contributed by atoms with Gasteiger partial charge in [0.15, 0.2) is 5.82 Å². The minimum Gasteiger partial charge on any atom is -0.359 e. The largest absolute Gasteiger partial charge is 0.359 e. The lowest BCUT2D eigenvalue weighted by atomic mass is 10.0. The molecule has 1 aromatic carbocycles. The van der Waals surface area contributed by atoms with Gasteiger partial charge in [-0.15, -0.1) is 0 Å². The summed E-state index contributed by atoms with van der Waals surface area (Å²) in [6.07, 6.45) is 1.84. The summed E-state index contributed by atoms with van der Waals surface area (Å²) in [5, 5.41) is 7.85. The van der Waals surface area contributed by atoms with Crippen molar-refractivity contribution < 1.29 is 0 Å². The molecular weight excluding hydrogens is 336 g/mol. The Kier molecular flexibility index (Phi) is 4.90. The SMILES string of the molecule is Cc1cc(C)n(Cc2ccc(-c3nccc(N(C)CC4CNC4)n3)cc2)n1. The van der Waals surface area contributed by atoms with Crippen LogP contribution in [0.25, 0.3) is 11.4 Å². The van der Waals surface area contributed by atoms with Crippen LogP contribution in [0.15, 0.2) is 42.6 Å². The first kappa shape index (κ1) is 17.7. The zero-order chi connectivity index (χ0) is 18.8. The van der Waals surface area contributed by atoms with Gasteiger partial charge in [0, 0.05) is 50.1 Å². The van der Waals surface area contributed by atoms with E-state index < -0.39 is 0 Å². The van der Waals surface area contributed by atoms with Gasteiger partial charge in [0.1, 0.15) is 5.82 Å². The number of nitrogens with one attached hydrogen (secondary N) is 1. The molecular formula is C21H26N6. The molecule has 1 fully saturated rings. The summed E-state index contributed by atoms with van der Waals surface area (Å²) in [7, 11) is 2.10. The van der Waals surface area contributed by atoms with Crippen molar-refractivity contribution in [2.75, 3.05) is 31.6 Å². The van der Waals surface area contributed by atoms with Crippen LogP contribution in [0.5, 0.6) is 0 Å². The Morgan fingerprint density at radius 1 is 1.15 bits per heavy atom. The van der Waals surface area contributed by atoms with Crippen LogP contribution >= 0.6 is 0 Å². The van der Waals surface area contributed by atoms with E-state index in [0.29, 0.717) is 5.92 Å². The van der Waals surface area contributed by atoms with E-state index in [1.54, 1.807) is 0 Å². The number of hydrogen-bond donors (Lipinski definition) is 1. The Hall–Kier alpha value is -2.73. The highest BCUT2D eigenvalue weighted by Gasteiger charge is 2.19. The average Bonchev–Trinajstić information content (AvgIpc) is 2.96. The predicted octanol–water partition coefficient (Wildman–Crippen LogP) is 2.66. The third kappa shape index (κ3) is 4.01. The molecule has 3 aromatic rings. The standard InChI is InChI=1S/C21H26N6/c1-15-10-16(2)27(25-15)14-17-4-6-19(7-5-17)21-23-9-8-20(24-21)26(3)13-18-11-22-12-18/h4-10,18,22H,11-14H2,1-3H3. The molecule has 3 heterocycles. The molecule has 0 aliphatic carbocycles. The zero-order valence-corrected chi connectivity index (χ0v) is 16.2. The van der Waals surface area contributed by atoms with Crippen LogP contribution in [-0.4, -0.2) is 46.4 Å². The average molecular weight is 362 g/mol. The molecule has 1 aliphatic heterocycles. The van der Waals surface area contributed by atoms with Crippen LogP contribution in [0.2, 0.25) is 0 Å². The summed E-state index contributed by atoms with van der Waals surface area (Å²) in [5.41, 5.74) is 4.48. The number of benzene rings is 1. The first-order valence-corrected chi connectivity index (χ1v) is 9.44. The minimum atomic E-state index is 0.710. The summed E-state index contributed by atoms with van der Waals surface area (Å²) in [5.74, 6) is 2.45. The van der Waals surface area contributed by atoms with Gasteiger partial charge in [-0.3, -0.25) is 4.68 Å². The second kappa shape index (κ2) is 7.48. The molecule has 27 heavy (non-hydrogen) atoms. The van der Waals surface area contributed by atoms with Crippen LogP contribution in [0.1, 0.15) is 17.0 Å². The molecule has 0 amide bonds. The molecule has 0 bridgehead atoms. The van der Waals surface area contributed by atoms with E-state index in [1.165, 1.54) is 11.3 Å². The van der Waals surface area contributed by atoms with Crippen molar-refractivity contribution in [3.63, 3.8) is 0 Å². The zero-order valence-electron chi connectivity index (χ0n) is 16.2. The van der Waals surface area contributed by atoms with Crippen LogP contribution < -0.4 is 10.2 Å². The highest BCUT2D eigenvalue weighted by Crippen LogP contribution is 2.20. The maximum atomic E-state index is 4.76. The molecule has 0 saturated carbocycles. The lowest BCUT2D eigenvalue weighted by Crippen LogP contribution is -2.47. The normalized spacial score (nSPS) is 14.2. The quantitative estimate of drug-likeness (QED) is 0.731. The third-order valence-corrected chi connectivity index (χ3v) is 5.08. The molecule has 0 unspecified atom stereocenters. The van der Waals surface area contributed by atoms with Crippen molar-refractivity contribution in [2.24, 2.45) is 5.92 Å². The van der Waals surface area contributed by atoms with Crippen molar-refractivity contribution in [1.82, 2.24) is 25.1 Å². The summed E-state index contributed by atoms with van der Waals surface area (Å²) in [6.45, 7) is 8.10. The van der Waals surface area contributed by atoms with Gasteiger partial charge in [0.25, 0.3) is 0 Å². The van der Waals surface area contributed by atoms with Gasteiger partial charge in [0.2, 0.25) is 0 Å². The topological polar surface area (TPSA) is 58.9 Å². The highest BCUT2D eigenvalue weighted by molar-refractivity contribution is 5.57. The van der Waals surface area contributed by atoms with Gasteiger partial charge < -0.3 is 10.2 Å². The molecule has 6 nitrogen and oxygen atoms in total. The predicted molar refractivity (Wildman–Crippen MR) is 108 cm³/mol. The second-order valence-corrected chi connectivity index (χ2v) is 7.42. The first-order valence-electron chi connectivity index (χ1n) is 9.44. The number of rotatable bonds is 6. The monoisotopic (exact) mass is 362 g/mol. The Balaban J connectivity index is 1.48. The fraction of sp³-hybridized carbons (Fsp3) is 0.381. The Labute approximate surface area is 160 Å². The van der Waals surface area contributed by atoms with Crippen molar-refractivity contribution in [3.05, 3.63) is 59.5 Å². The van der Waals surface area contributed by atoms with Gasteiger partial charge in [-0.2, -0.15) is 5.10 Å². The number of hydrogen-bond acceptors (Lipinski definition) is 5. The van der Waals surface area contributed by atoms with E-state index in [4.69, 9.17) is 4.98 Å². The summed E-state index contributed by atoms with van der Waals surface area (Å²) in [6, 6.07) is 12.5. The Morgan fingerprint density at radius 2 is 1.93 bits per heavy atom. The molecule has 1 N–H and O–H groups in total. The molecule has 4 rings (SSSR count). The Bertz CT molecular complexity index is 911. The molecule has 1 saturated heterocycles.